The molecule has 0 bridgehead atoms. The summed E-state index contributed by atoms with van der Waals surface area (Å²) >= 11 is 0. The topological polar surface area (TPSA) is 63.5 Å². The number of amides is 1. The third-order valence-electron chi connectivity index (χ3n) is 2.56. The molecule has 0 spiro atoms. The highest BCUT2D eigenvalue weighted by Gasteiger charge is 2.03. The molecular weight excluding hydrogens is 244 g/mol. The average molecular weight is 260 g/mol. The second kappa shape index (κ2) is 6.49. The molecule has 1 heterocycles. The molecule has 5 heteroatoms. The van der Waals surface area contributed by atoms with Crippen LogP contribution in [0.3, 0.4) is 0 Å². The van der Waals surface area contributed by atoms with Gasteiger partial charge in [-0.15, -0.1) is 0 Å². The summed E-state index contributed by atoms with van der Waals surface area (Å²) in [7, 11) is 1.61. The third kappa shape index (κ3) is 4.06. The van der Waals surface area contributed by atoms with E-state index in [1.165, 1.54) is 0 Å². The van der Waals surface area contributed by atoms with E-state index < -0.39 is 0 Å². The highest BCUT2D eigenvalue weighted by atomic mass is 16.5. The average Bonchev–Trinajstić information content (AvgIpc) is 2.96. The Labute approximate surface area is 111 Å². The Morgan fingerprint density at radius 3 is 2.95 bits per heavy atom. The zero-order valence-corrected chi connectivity index (χ0v) is 10.7. The number of rotatable bonds is 6. The lowest BCUT2D eigenvalue weighted by atomic mass is 10.3. The summed E-state index contributed by atoms with van der Waals surface area (Å²) in [5.41, 5.74) is 0.840. The fraction of sp³-hybridized carbons (Fsp3) is 0.214. The predicted molar refractivity (Wildman–Crippen MR) is 72.0 cm³/mol. The van der Waals surface area contributed by atoms with Gasteiger partial charge in [-0.2, -0.15) is 0 Å². The Balaban J connectivity index is 1.76. The SMILES string of the molecule is COc1cccc(NCC(=O)NCc2ccco2)c1. The van der Waals surface area contributed by atoms with Crippen LogP contribution in [0.2, 0.25) is 0 Å². The van der Waals surface area contributed by atoms with Crippen LogP contribution in [0, 0.1) is 0 Å². The van der Waals surface area contributed by atoms with Crippen LogP contribution in [0.25, 0.3) is 0 Å². The maximum absolute atomic E-state index is 11.6. The maximum Gasteiger partial charge on any atom is 0.239 e. The van der Waals surface area contributed by atoms with E-state index in [0.29, 0.717) is 6.54 Å². The van der Waals surface area contributed by atoms with Crippen molar-refractivity contribution in [3.05, 3.63) is 48.4 Å². The number of nitrogens with one attached hydrogen (secondary N) is 2. The Kier molecular flexibility index (Phi) is 4.44. The summed E-state index contributed by atoms with van der Waals surface area (Å²) in [6, 6.07) is 11.0. The molecule has 0 fully saturated rings. The van der Waals surface area contributed by atoms with Crippen molar-refractivity contribution >= 4 is 11.6 Å². The van der Waals surface area contributed by atoms with Gasteiger partial charge in [-0.25, -0.2) is 0 Å². The first-order valence-electron chi connectivity index (χ1n) is 5.95. The summed E-state index contributed by atoms with van der Waals surface area (Å²) < 4.78 is 10.2. The highest BCUT2D eigenvalue weighted by molar-refractivity contribution is 5.80. The molecule has 0 aliphatic carbocycles. The van der Waals surface area contributed by atoms with Crippen molar-refractivity contribution in [3.8, 4) is 5.75 Å². The van der Waals surface area contributed by atoms with Crippen LogP contribution in [-0.2, 0) is 11.3 Å². The number of carbonyl (C=O) groups excluding carboxylic acids is 1. The van der Waals surface area contributed by atoms with Gasteiger partial charge in [0, 0.05) is 11.8 Å². The number of hydrogen-bond acceptors (Lipinski definition) is 4. The molecule has 19 heavy (non-hydrogen) atoms. The van der Waals surface area contributed by atoms with Crippen molar-refractivity contribution in [2.75, 3.05) is 19.0 Å². The van der Waals surface area contributed by atoms with Crippen molar-refractivity contribution in [2.24, 2.45) is 0 Å². The van der Waals surface area contributed by atoms with E-state index in [4.69, 9.17) is 9.15 Å². The molecular formula is C14H16N2O3. The van der Waals surface area contributed by atoms with E-state index in [0.717, 1.165) is 17.2 Å². The predicted octanol–water partition coefficient (Wildman–Crippen LogP) is 2.02. The van der Waals surface area contributed by atoms with Gasteiger partial charge in [-0.1, -0.05) is 6.07 Å². The highest BCUT2D eigenvalue weighted by Crippen LogP contribution is 2.16. The van der Waals surface area contributed by atoms with Crippen LogP contribution in [0.15, 0.2) is 47.1 Å². The van der Waals surface area contributed by atoms with Gasteiger partial charge in [0.15, 0.2) is 0 Å². The lowest BCUT2D eigenvalue weighted by molar-refractivity contribution is -0.119. The zero-order valence-electron chi connectivity index (χ0n) is 10.7. The second-order valence-electron chi connectivity index (χ2n) is 3.94. The lowest BCUT2D eigenvalue weighted by Crippen LogP contribution is -2.29. The van der Waals surface area contributed by atoms with E-state index in [9.17, 15) is 4.79 Å². The normalized spacial score (nSPS) is 9.95. The quantitative estimate of drug-likeness (QED) is 0.834. The van der Waals surface area contributed by atoms with Crippen LogP contribution >= 0.6 is 0 Å². The molecule has 0 radical (unpaired) electrons. The molecule has 5 nitrogen and oxygen atoms in total. The molecule has 0 aliphatic rings. The van der Waals surface area contributed by atoms with Crippen LogP contribution in [0.5, 0.6) is 5.75 Å². The number of furan rings is 1. The molecule has 0 saturated carbocycles. The first-order valence-corrected chi connectivity index (χ1v) is 5.95. The molecule has 1 aromatic heterocycles. The number of hydrogen-bond donors (Lipinski definition) is 2. The molecule has 2 N–H and O–H groups in total. The van der Waals surface area contributed by atoms with E-state index in [2.05, 4.69) is 10.6 Å². The van der Waals surface area contributed by atoms with Gasteiger partial charge in [0.1, 0.15) is 11.5 Å². The van der Waals surface area contributed by atoms with E-state index >= 15 is 0 Å². The third-order valence-corrected chi connectivity index (χ3v) is 2.56. The second-order valence-corrected chi connectivity index (χ2v) is 3.94. The fourth-order valence-electron chi connectivity index (χ4n) is 1.58. The van der Waals surface area contributed by atoms with Crippen molar-refractivity contribution in [1.29, 1.82) is 0 Å². The first kappa shape index (κ1) is 13.0. The van der Waals surface area contributed by atoms with Crippen LogP contribution in [0.4, 0.5) is 5.69 Å². The minimum absolute atomic E-state index is 0.0979. The Bertz CT molecular complexity index is 523. The molecule has 0 aliphatic heterocycles. The number of anilines is 1. The molecule has 1 amide bonds. The monoisotopic (exact) mass is 260 g/mol. The molecule has 2 rings (SSSR count). The maximum atomic E-state index is 11.6. The molecule has 0 atom stereocenters. The minimum atomic E-state index is -0.0979. The van der Waals surface area contributed by atoms with Crippen molar-refractivity contribution in [3.63, 3.8) is 0 Å². The zero-order chi connectivity index (χ0) is 13.5. The van der Waals surface area contributed by atoms with E-state index in [1.807, 2.05) is 30.3 Å². The number of ether oxygens (including phenoxy) is 1. The van der Waals surface area contributed by atoms with Crippen molar-refractivity contribution in [2.45, 2.75) is 6.54 Å². The Morgan fingerprint density at radius 1 is 1.32 bits per heavy atom. The van der Waals surface area contributed by atoms with Crippen molar-refractivity contribution < 1.29 is 13.9 Å². The van der Waals surface area contributed by atoms with Gasteiger partial charge in [0.05, 0.1) is 26.5 Å². The standard InChI is InChI=1S/C14H16N2O3/c1-18-12-5-2-4-11(8-12)15-10-14(17)16-9-13-6-3-7-19-13/h2-8,15H,9-10H2,1H3,(H,16,17). The molecule has 0 saturated heterocycles. The Morgan fingerprint density at radius 2 is 2.21 bits per heavy atom. The molecule has 2 aromatic rings. The van der Waals surface area contributed by atoms with Gasteiger partial charge in [0.2, 0.25) is 5.91 Å². The number of benzene rings is 1. The number of carbonyl (C=O) groups is 1. The lowest BCUT2D eigenvalue weighted by Gasteiger charge is -2.08. The van der Waals surface area contributed by atoms with Gasteiger partial charge < -0.3 is 19.8 Å². The molecule has 1 aromatic carbocycles. The molecule has 100 valence electrons. The summed E-state index contributed by atoms with van der Waals surface area (Å²) in [5, 5.41) is 5.78. The van der Waals surface area contributed by atoms with Crippen LogP contribution in [-0.4, -0.2) is 19.6 Å². The van der Waals surface area contributed by atoms with Gasteiger partial charge >= 0.3 is 0 Å². The summed E-state index contributed by atoms with van der Waals surface area (Å²) in [6.45, 7) is 0.597. The van der Waals surface area contributed by atoms with Gasteiger partial charge in [-0.05, 0) is 24.3 Å². The van der Waals surface area contributed by atoms with E-state index in [1.54, 1.807) is 19.4 Å². The molecule has 0 unspecified atom stereocenters. The Hall–Kier alpha value is -2.43. The van der Waals surface area contributed by atoms with Gasteiger partial charge in [0.25, 0.3) is 0 Å². The van der Waals surface area contributed by atoms with E-state index in [-0.39, 0.29) is 12.5 Å². The summed E-state index contributed by atoms with van der Waals surface area (Å²) in [6.07, 6.45) is 1.58. The largest absolute Gasteiger partial charge is 0.497 e. The number of methoxy groups -OCH3 is 1. The van der Waals surface area contributed by atoms with Gasteiger partial charge in [-0.3, -0.25) is 4.79 Å². The summed E-state index contributed by atoms with van der Waals surface area (Å²) in [5.74, 6) is 1.38. The minimum Gasteiger partial charge on any atom is -0.497 e. The van der Waals surface area contributed by atoms with Crippen LogP contribution in [0.1, 0.15) is 5.76 Å². The first-order chi connectivity index (χ1) is 9.28. The van der Waals surface area contributed by atoms with Crippen molar-refractivity contribution in [1.82, 2.24) is 5.32 Å². The smallest absolute Gasteiger partial charge is 0.239 e. The fourth-order valence-corrected chi connectivity index (χ4v) is 1.58. The van der Waals surface area contributed by atoms with Crippen LogP contribution < -0.4 is 15.4 Å². The summed E-state index contributed by atoms with van der Waals surface area (Å²) in [4.78, 5) is 11.6.